The number of aromatic nitrogens is 3. The molecule has 1 fully saturated rings. The van der Waals surface area contributed by atoms with Crippen LogP contribution in [0.3, 0.4) is 0 Å². The molecule has 20 heavy (non-hydrogen) atoms. The van der Waals surface area contributed by atoms with E-state index < -0.39 is 11.9 Å². The van der Waals surface area contributed by atoms with Gasteiger partial charge in [0.25, 0.3) is 0 Å². The Morgan fingerprint density at radius 2 is 2.15 bits per heavy atom. The van der Waals surface area contributed by atoms with Gasteiger partial charge in [-0.15, -0.1) is 0 Å². The monoisotopic (exact) mass is 273 g/mol. The number of rotatable bonds is 4. The van der Waals surface area contributed by atoms with Gasteiger partial charge in [-0.05, 0) is 30.5 Å². The Hall–Kier alpha value is -2.24. The molecule has 3 rings (SSSR count). The van der Waals surface area contributed by atoms with Gasteiger partial charge in [-0.25, -0.2) is 0 Å². The van der Waals surface area contributed by atoms with Crippen LogP contribution in [0.2, 0.25) is 0 Å². The molecule has 1 N–H and O–H groups in total. The Bertz CT molecular complexity index is 597. The third-order valence-corrected chi connectivity index (χ3v) is 3.75. The van der Waals surface area contributed by atoms with E-state index in [1.54, 1.807) is 12.4 Å². The van der Waals surface area contributed by atoms with Gasteiger partial charge in [-0.2, -0.15) is 4.98 Å². The van der Waals surface area contributed by atoms with E-state index in [1.807, 2.05) is 12.1 Å². The summed E-state index contributed by atoms with van der Waals surface area (Å²) >= 11 is 0. The number of pyridine rings is 1. The summed E-state index contributed by atoms with van der Waals surface area (Å²) < 4.78 is 5.26. The van der Waals surface area contributed by atoms with E-state index in [1.165, 1.54) is 0 Å². The number of hydrogen-bond donors (Lipinski definition) is 1. The van der Waals surface area contributed by atoms with Crippen molar-refractivity contribution in [3.05, 3.63) is 41.8 Å². The predicted octanol–water partition coefficient (Wildman–Crippen LogP) is 2.02. The van der Waals surface area contributed by atoms with Crippen molar-refractivity contribution in [1.82, 2.24) is 15.1 Å². The summed E-state index contributed by atoms with van der Waals surface area (Å²) in [7, 11) is 0. The second-order valence-electron chi connectivity index (χ2n) is 5.06. The van der Waals surface area contributed by atoms with Crippen LogP contribution in [-0.2, 0) is 11.2 Å². The lowest BCUT2D eigenvalue weighted by atomic mass is 9.96. The van der Waals surface area contributed by atoms with Crippen molar-refractivity contribution in [2.45, 2.75) is 31.6 Å². The van der Waals surface area contributed by atoms with E-state index in [0.29, 0.717) is 24.6 Å². The summed E-state index contributed by atoms with van der Waals surface area (Å²) in [6.07, 6.45) is 6.37. The summed E-state index contributed by atoms with van der Waals surface area (Å²) in [4.78, 5) is 19.5. The van der Waals surface area contributed by atoms with Crippen molar-refractivity contribution in [3.8, 4) is 0 Å². The van der Waals surface area contributed by atoms with E-state index in [4.69, 9.17) is 4.52 Å². The van der Waals surface area contributed by atoms with Crippen molar-refractivity contribution in [1.29, 1.82) is 0 Å². The van der Waals surface area contributed by atoms with Crippen LogP contribution in [0.1, 0.15) is 42.5 Å². The summed E-state index contributed by atoms with van der Waals surface area (Å²) in [5.74, 6) is -0.280. The normalized spacial score (nSPS) is 22.0. The summed E-state index contributed by atoms with van der Waals surface area (Å²) in [6, 6.07) is 3.79. The minimum Gasteiger partial charge on any atom is -0.481 e. The molecule has 2 heterocycles. The molecule has 2 atom stereocenters. The van der Waals surface area contributed by atoms with E-state index in [2.05, 4.69) is 15.1 Å². The molecule has 6 nitrogen and oxygen atoms in total. The van der Waals surface area contributed by atoms with E-state index in [-0.39, 0.29) is 5.92 Å². The standard InChI is InChI=1S/C14H15N3O3/c18-14(19)11-3-1-2-10(11)13-16-12(17-20-13)8-9-4-6-15-7-5-9/h4-7,10-11H,1-3,8H2,(H,18,19). The number of carboxylic acids is 1. The highest BCUT2D eigenvalue weighted by Gasteiger charge is 2.37. The SMILES string of the molecule is O=C(O)C1CCCC1c1nc(Cc2ccncc2)no1. The first-order chi connectivity index (χ1) is 9.74. The topological polar surface area (TPSA) is 89.1 Å². The molecule has 0 spiro atoms. The van der Waals surface area contributed by atoms with Crippen molar-refractivity contribution in [2.75, 3.05) is 0 Å². The molecule has 6 heteroatoms. The van der Waals surface area contributed by atoms with E-state index in [0.717, 1.165) is 18.4 Å². The second kappa shape index (κ2) is 5.40. The van der Waals surface area contributed by atoms with Crippen molar-refractivity contribution < 1.29 is 14.4 Å². The maximum atomic E-state index is 11.2. The average Bonchev–Trinajstić information content (AvgIpc) is 3.07. The van der Waals surface area contributed by atoms with Crippen molar-refractivity contribution in [2.24, 2.45) is 5.92 Å². The lowest BCUT2D eigenvalue weighted by Gasteiger charge is -2.10. The molecule has 1 aliphatic carbocycles. The van der Waals surface area contributed by atoms with Gasteiger partial charge in [0.2, 0.25) is 5.89 Å². The zero-order valence-electron chi connectivity index (χ0n) is 10.9. The zero-order chi connectivity index (χ0) is 13.9. The first-order valence-corrected chi connectivity index (χ1v) is 6.68. The van der Waals surface area contributed by atoms with Crippen LogP contribution in [0.15, 0.2) is 29.0 Å². The molecule has 0 amide bonds. The lowest BCUT2D eigenvalue weighted by Crippen LogP contribution is -2.17. The molecule has 0 radical (unpaired) electrons. The summed E-state index contributed by atoms with van der Waals surface area (Å²) in [6.45, 7) is 0. The van der Waals surface area contributed by atoms with Crippen molar-refractivity contribution in [3.63, 3.8) is 0 Å². The van der Waals surface area contributed by atoms with Gasteiger partial charge >= 0.3 is 5.97 Å². The van der Waals surface area contributed by atoms with Crippen LogP contribution in [-0.4, -0.2) is 26.2 Å². The van der Waals surface area contributed by atoms with Gasteiger partial charge in [0.1, 0.15) is 0 Å². The number of hydrogen-bond acceptors (Lipinski definition) is 5. The molecule has 0 aliphatic heterocycles. The van der Waals surface area contributed by atoms with E-state index in [9.17, 15) is 9.90 Å². The molecule has 2 aromatic heterocycles. The third kappa shape index (κ3) is 2.54. The molecule has 2 aromatic rings. The largest absolute Gasteiger partial charge is 0.481 e. The Kier molecular flexibility index (Phi) is 3.45. The highest BCUT2D eigenvalue weighted by molar-refractivity contribution is 5.71. The highest BCUT2D eigenvalue weighted by atomic mass is 16.5. The van der Waals surface area contributed by atoms with Gasteiger partial charge in [-0.1, -0.05) is 11.6 Å². The van der Waals surface area contributed by atoms with Gasteiger partial charge in [0, 0.05) is 18.8 Å². The summed E-state index contributed by atoms with van der Waals surface area (Å²) in [5, 5.41) is 13.1. The molecule has 0 aromatic carbocycles. The van der Waals surface area contributed by atoms with Crippen LogP contribution < -0.4 is 0 Å². The predicted molar refractivity (Wildman–Crippen MR) is 69.1 cm³/mol. The van der Waals surface area contributed by atoms with Crippen LogP contribution in [0.4, 0.5) is 0 Å². The first kappa shape index (κ1) is 12.8. The Morgan fingerprint density at radius 1 is 1.35 bits per heavy atom. The Morgan fingerprint density at radius 3 is 2.90 bits per heavy atom. The Labute approximate surface area is 115 Å². The molecule has 0 saturated heterocycles. The molecular formula is C14H15N3O3. The quantitative estimate of drug-likeness (QED) is 0.916. The molecule has 1 saturated carbocycles. The summed E-state index contributed by atoms with van der Waals surface area (Å²) in [5.41, 5.74) is 1.05. The van der Waals surface area contributed by atoms with Crippen molar-refractivity contribution >= 4 is 5.97 Å². The number of carboxylic acid groups (broad SMARTS) is 1. The van der Waals surface area contributed by atoms with Crippen LogP contribution >= 0.6 is 0 Å². The fraction of sp³-hybridized carbons (Fsp3) is 0.429. The fourth-order valence-corrected chi connectivity index (χ4v) is 2.72. The maximum Gasteiger partial charge on any atom is 0.307 e. The van der Waals surface area contributed by atoms with Crippen LogP contribution in [0.5, 0.6) is 0 Å². The van der Waals surface area contributed by atoms with Gasteiger partial charge in [-0.3, -0.25) is 9.78 Å². The number of carbonyl (C=O) groups is 1. The second-order valence-corrected chi connectivity index (χ2v) is 5.06. The molecule has 2 unspecified atom stereocenters. The van der Waals surface area contributed by atoms with E-state index >= 15 is 0 Å². The van der Waals surface area contributed by atoms with Gasteiger partial charge in [0.05, 0.1) is 11.8 Å². The highest BCUT2D eigenvalue weighted by Crippen LogP contribution is 2.38. The minimum atomic E-state index is -0.776. The maximum absolute atomic E-state index is 11.2. The van der Waals surface area contributed by atoms with Gasteiger partial charge in [0.15, 0.2) is 5.82 Å². The molecular weight excluding hydrogens is 258 g/mol. The fourth-order valence-electron chi connectivity index (χ4n) is 2.72. The van der Waals surface area contributed by atoms with Crippen LogP contribution in [0.25, 0.3) is 0 Å². The third-order valence-electron chi connectivity index (χ3n) is 3.75. The van der Waals surface area contributed by atoms with Gasteiger partial charge < -0.3 is 9.63 Å². The zero-order valence-corrected chi connectivity index (χ0v) is 10.9. The molecule has 104 valence electrons. The van der Waals surface area contributed by atoms with Crippen LogP contribution in [0, 0.1) is 5.92 Å². The number of aliphatic carboxylic acids is 1. The molecule has 0 bridgehead atoms. The number of nitrogens with zero attached hydrogens (tertiary/aromatic N) is 3. The minimum absolute atomic E-state index is 0.147. The first-order valence-electron chi connectivity index (χ1n) is 6.68. The lowest BCUT2D eigenvalue weighted by molar-refractivity contribution is -0.142. The smallest absolute Gasteiger partial charge is 0.307 e. The average molecular weight is 273 g/mol. The Balaban J connectivity index is 1.75. The molecule has 1 aliphatic rings.